The van der Waals surface area contributed by atoms with E-state index in [2.05, 4.69) is 11.2 Å². The first-order chi connectivity index (χ1) is 11.5. The summed E-state index contributed by atoms with van der Waals surface area (Å²) in [6.45, 7) is 3.92. The van der Waals surface area contributed by atoms with Crippen molar-refractivity contribution in [3.8, 4) is 6.07 Å². The van der Waals surface area contributed by atoms with Gasteiger partial charge in [-0.3, -0.25) is 10.1 Å². The molecule has 0 amide bonds. The Hall–Kier alpha value is -2.85. The number of nitro groups is 1. The van der Waals surface area contributed by atoms with E-state index in [9.17, 15) is 15.4 Å². The number of para-hydroxylation sites is 1. The van der Waals surface area contributed by atoms with Gasteiger partial charge in [-0.25, -0.2) is 4.52 Å². The van der Waals surface area contributed by atoms with Crippen LogP contribution < -0.4 is 0 Å². The molecule has 3 aromatic rings. The molecule has 0 saturated heterocycles. The smallest absolute Gasteiger partial charge is 0.258 e. The topological polar surface area (TPSA) is 84.2 Å². The maximum Gasteiger partial charge on any atom is 0.273 e. The lowest BCUT2D eigenvalue weighted by Gasteiger charge is -2.01. The molecule has 0 radical (unpaired) electrons. The van der Waals surface area contributed by atoms with Gasteiger partial charge in [-0.1, -0.05) is 36.0 Å². The zero-order valence-corrected chi connectivity index (χ0v) is 14.0. The first kappa shape index (κ1) is 16.0. The van der Waals surface area contributed by atoms with Crippen LogP contribution in [0.2, 0.25) is 0 Å². The summed E-state index contributed by atoms with van der Waals surface area (Å²) >= 11 is 1.34. The van der Waals surface area contributed by atoms with Crippen LogP contribution in [0.15, 0.2) is 41.6 Å². The summed E-state index contributed by atoms with van der Waals surface area (Å²) < 4.78 is 1.71. The number of aryl methyl sites for hydroxylation is 2. The number of rotatable bonds is 4. The van der Waals surface area contributed by atoms with Gasteiger partial charge >= 0.3 is 0 Å². The lowest BCUT2D eigenvalue weighted by Crippen LogP contribution is -1.93. The van der Waals surface area contributed by atoms with Crippen molar-refractivity contribution in [3.63, 3.8) is 0 Å². The van der Waals surface area contributed by atoms with E-state index in [1.54, 1.807) is 22.7 Å². The monoisotopic (exact) mass is 338 g/mol. The van der Waals surface area contributed by atoms with Gasteiger partial charge in [0.25, 0.3) is 5.69 Å². The molecule has 0 aliphatic heterocycles. The van der Waals surface area contributed by atoms with Gasteiger partial charge < -0.3 is 0 Å². The molecule has 0 aliphatic carbocycles. The molecule has 2 aromatic heterocycles. The van der Waals surface area contributed by atoms with Crippen LogP contribution in [0.1, 0.15) is 22.3 Å². The van der Waals surface area contributed by atoms with E-state index in [1.807, 2.05) is 26.1 Å². The number of aromatic nitrogens is 2. The minimum atomic E-state index is -0.391. The minimum absolute atomic E-state index is 0.0827. The first-order valence-corrected chi connectivity index (χ1v) is 8.24. The van der Waals surface area contributed by atoms with Crippen LogP contribution in [0.5, 0.6) is 0 Å². The van der Waals surface area contributed by atoms with Gasteiger partial charge in [0, 0.05) is 23.6 Å². The zero-order valence-electron chi connectivity index (χ0n) is 13.2. The van der Waals surface area contributed by atoms with Crippen LogP contribution in [0.3, 0.4) is 0 Å². The molecule has 0 aliphatic rings. The van der Waals surface area contributed by atoms with Crippen LogP contribution in [-0.4, -0.2) is 14.5 Å². The number of thioether (sulfide) groups is 1. The SMILES string of the molecule is Cc1cc(C)c2c(C#N)c(SCc3ccccc3[N+](=O)[O-])nn2c1. The molecular weight excluding hydrogens is 324 g/mol. The summed E-state index contributed by atoms with van der Waals surface area (Å²) in [5, 5.41) is 25.7. The van der Waals surface area contributed by atoms with E-state index < -0.39 is 4.92 Å². The van der Waals surface area contributed by atoms with Crippen molar-refractivity contribution in [2.45, 2.75) is 24.6 Å². The molecule has 6 nitrogen and oxygen atoms in total. The summed E-state index contributed by atoms with van der Waals surface area (Å²) in [5.74, 6) is 0.383. The molecule has 0 spiro atoms. The largest absolute Gasteiger partial charge is 0.273 e. The van der Waals surface area contributed by atoms with E-state index in [-0.39, 0.29) is 5.69 Å². The number of hydrogen-bond acceptors (Lipinski definition) is 5. The lowest BCUT2D eigenvalue weighted by molar-refractivity contribution is -0.385. The van der Waals surface area contributed by atoms with Crippen LogP contribution in [-0.2, 0) is 5.75 Å². The predicted octanol–water partition coefficient (Wildman–Crippen LogP) is 4.02. The molecule has 1 aromatic carbocycles. The summed E-state index contributed by atoms with van der Waals surface area (Å²) in [5.41, 5.74) is 4.03. The summed E-state index contributed by atoms with van der Waals surface area (Å²) in [4.78, 5) is 10.7. The predicted molar refractivity (Wildman–Crippen MR) is 92.0 cm³/mol. The van der Waals surface area contributed by atoms with Gasteiger partial charge in [-0.15, -0.1) is 0 Å². The number of nitrogens with zero attached hydrogens (tertiary/aromatic N) is 4. The third kappa shape index (κ3) is 2.84. The summed E-state index contributed by atoms with van der Waals surface area (Å²) in [7, 11) is 0. The second-order valence-corrected chi connectivity index (χ2v) is 6.42. The fourth-order valence-electron chi connectivity index (χ4n) is 2.68. The van der Waals surface area contributed by atoms with E-state index in [1.165, 1.54) is 17.8 Å². The molecule has 0 saturated carbocycles. The standard InChI is InChI=1S/C17H14N4O2S/c1-11-7-12(2)16-14(8-18)17(19-20(16)9-11)24-10-13-5-3-4-6-15(13)21(22)23/h3-7,9H,10H2,1-2H3. The van der Waals surface area contributed by atoms with E-state index in [0.29, 0.717) is 21.9 Å². The molecule has 0 N–H and O–H groups in total. The van der Waals surface area contributed by atoms with Crippen LogP contribution in [0, 0.1) is 35.3 Å². The fraction of sp³-hybridized carbons (Fsp3) is 0.176. The Labute approximate surface area is 142 Å². The van der Waals surface area contributed by atoms with Crippen molar-refractivity contribution in [1.82, 2.24) is 9.61 Å². The maximum absolute atomic E-state index is 11.1. The number of benzene rings is 1. The highest BCUT2D eigenvalue weighted by molar-refractivity contribution is 7.98. The van der Waals surface area contributed by atoms with Gasteiger partial charge in [0.1, 0.15) is 16.7 Å². The van der Waals surface area contributed by atoms with Crippen molar-refractivity contribution in [2.24, 2.45) is 0 Å². The number of nitro benzene ring substituents is 1. The molecule has 0 unspecified atom stereocenters. The molecule has 3 rings (SSSR count). The molecule has 0 bridgehead atoms. The third-order valence-electron chi connectivity index (χ3n) is 3.69. The highest BCUT2D eigenvalue weighted by atomic mass is 32.2. The number of hydrogen-bond donors (Lipinski definition) is 0. The second-order valence-electron chi connectivity index (χ2n) is 5.46. The van der Waals surface area contributed by atoms with Crippen LogP contribution in [0.4, 0.5) is 5.69 Å². The van der Waals surface area contributed by atoms with Gasteiger partial charge in [0.2, 0.25) is 0 Å². The number of pyridine rings is 1. The molecule has 2 heterocycles. The number of nitriles is 1. The van der Waals surface area contributed by atoms with Crippen molar-refractivity contribution < 1.29 is 4.92 Å². The Morgan fingerprint density at radius 3 is 2.83 bits per heavy atom. The van der Waals surface area contributed by atoms with Crippen LogP contribution in [0.25, 0.3) is 5.52 Å². The average molecular weight is 338 g/mol. The van der Waals surface area contributed by atoms with Gasteiger partial charge in [0.15, 0.2) is 0 Å². The Morgan fingerprint density at radius 2 is 2.12 bits per heavy atom. The molecule has 0 atom stereocenters. The summed E-state index contributed by atoms with van der Waals surface area (Å²) in [6.07, 6.45) is 1.87. The molecule has 0 fully saturated rings. The minimum Gasteiger partial charge on any atom is -0.258 e. The van der Waals surface area contributed by atoms with Crippen molar-refractivity contribution in [2.75, 3.05) is 0 Å². The number of fused-ring (bicyclic) bond motifs is 1. The van der Waals surface area contributed by atoms with Crippen molar-refractivity contribution in [1.29, 1.82) is 5.26 Å². The van der Waals surface area contributed by atoms with E-state index in [0.717, 1.165) is 16.6 Å². The Balaban J connectivity index is 1.99. The van der Waals surface area contributed by atoms with Gasteiger partial charge in [-0.05, 0) is 25.0 Å². The molecule has 7 heteroatoms. The van der Waals surface area contributed by atoms with E-state index >= 15 is 0 Å². The maximum atomic E-state index is 11.1. The van der Waals surface area contributed by atoms with Gasteiger partial charge in [0.05, 0.1) is 10.4 Å². The first-order valence-electron chi connectivity index (χ1n) is 7.26. The molecule has 120 valence electrons. The molecule has 24 heavy (non-hydrogen) atoms. The van der Waals surface area contributed by atoms with Crippen molar-refractivity contribution >= 4 is 23.0 Å². The highest BCUT2D eigenvalue weighted by Gasteiger charge is 2.18. The zero-order chi connectivity index (χ0) is 17.3. The molecular formula is C17H14N4O2S. The Bertz CT molecular complexity index is 988. The highest BCUT2D eigenvalue weighted by Crippen LogP contribution is 2.31. The lowest BCUT2D eigenvalue weighted by atomic mass is 10.1. The summed E-state index contributed by atoms with van der Waals surface area (Å²) in [6, 6.07) is 10.8. The van der Waals surface area contributed by atoms with Crippen molar-refractivity contribution in [3.05, 3.63) is 68.9 Å². The third-order valence-corrected chi connectivity index (χ3v) is 4.70. The Morgan fingerprint density at radius 1 is 1.38 bits per heavy atom. The quantitative estimate of drug-likeness (QED) is 0.407. The van der Waals surface area contributed by atoms with Crippen LogP contribution >= 0.6 is 11.8 Å². The Kier molecular flexibility index (Phi) is 4.23. The fourth-order valence-corrected chi connectivity index (χ4v) is 3.65. The second kappa shape index (κ2) is 6.34. The normalized spacial score (nSPS) is 10.7. The van der Waals surface area contributed by atoms with Gasteiger partial charge in [-0.2, -0.15) is 10.4 Å². The van der Waals surface area contributed by atoms with E-state index in [4.69, 9.17) is 0 Å². The average Bonchev–Trinajstić information content (AvgIpc) is 2.90.